The van der Waals surface area contributed by atoms with Crippen LogP contribution < -0.4 is 5.32 Å². The zero-order chi connectivity index (χ0) is 21.1. The fraction of sp³-hybridized carbons (Fsp3) is 0.208. The molecule has 4 nitrogen and oxygen atoms in total. The maximum Gasteiger partial charge on any atom is 0.407 e. The van der Waals surface area contributed by atoms with Gasteiger partial charge in [0.15, 0.2) is 0 Å². The standard InChI is InChI=1S/C24H21F2NO3/c25-20-10-5-11-21(26)23(20)22(12-13-28)27-24(29)30-14-19-17-8-3-1-6-15(17)16-7-2-4-9-18(16)19/h1-11,19,22,28H,12-14H2,(H,27,29)/t22-/m1/s1. The number of carbonyl (C=O) groups excluding carboxylic acids is 1. The molecule has 3 aromatic carbocycles. The van der Waals surface area contributed by atoms with Gasteiger partial charge in [0.1, 0.15) is 18.2 Å². The molecule has 0 bridgehead atoms. The van der Waals surface area contributed by atoms with E-state index in [4.69, 9.17) is 4.74 Å². The third kappa shape index (κ3) is 3.78. The van der Waals surface area contributed by atoms with Gasteiger partial charge in [-0.15, -0.1) is 0 Å². The molecule has 3 aromatic rings. The van der Waals surface area contributed by atoms with Crippen molar-refractivity contribution in [1.29, 1.82) is 0 Å². The molecule has 6 heteroatoms. The number of hydrogen-bond donors (Lipinski definition) is 2. The van der Waals surface area contributed by atoms with Crippen LogP contribution in [0.5, 0.6) is 0 Å². The van der Waals surface area contributed by atoms with Crippen LogP contribution in [0.4, 0.5) is 13.6 Å². The number of hydrogen-bond acceptors (Lipinski definition) is 3. The van der Waals surface area contributed by atoms with Crippen LogP contribution in [-0.4, -0.2) is 24.4 Å². The van der Waals surface area contributed by atoms with Crippen LogP contribution >= 0.6 is 0 Å². The predicted molar refractivity (Wildman–Crippen MR) is 109 cm³/mol. The summed E-state index contributed by atoms with van der Waals surface area (Å²) in [7, 11) is 0. The van der Waals surface area contributed by atoms with Crippen LogP contribution in [0.25, 0.3) is 11.1 Å². The molecule has 154 valence electrons. The Hall–Kier alpha value is -3.25. The van der Waals surface area contributed by atoms with Crippen LogP contribution in [0, 0.1) is 11.6 Å². The maximum atomic E-state index is 14.1. The van der Waals surface area contributed by atoms with E-state index in [1.807, 2.05) is 48.5 Å². The van der Waals surface area contributed by atoms with Crippen LogP contribution in [0.15, 0.2) is 66.7 Å². The molecular weight excluding hydrogens is 388 g/mol. The van der Waals surface area contributed by atoms with Crippen molar-refractivity contribution in [2.24, 2.45) is 0 Å². The summed E-state index contributed by atoms with van der Waals surface area (Å²) in [5, 5.41) is 11.8. The SMILES string of the molecule is O=C(N[C@H](CCO)c1c(F)cccc1F)OCC1c2ccccc2-c2ccccc21. The lowest BCUT2D eigenvalue weighted by Crippen LogP contribution is -2.32. The minimum atomic E-state index is -1.04. The highest BCUT2D eigenvalue weighted by molar-refractivity contribution is 5.79. The summed E-state index contributed by atoms with van der Waals surface area (Å²) in [5.74, 6) is -1.69. The summed E-state index contributed by atoms with van der Waals surface area (Å²) in [6, 6.07) is 18.3. The van der Waals surface area contributed by atoms with Gasteiger partial charge in [-0.25, -0.2) is 13.6 Å². The molecule has 0 radical (unpaired) electrons. The largest absolute Gasteiger partial charge is 0.449 e. The van der Waals surface area contributed by atoms with Crippen LogP contribution in [0.2, 0.25) is 0 Å². The van der Waals surface area contributed by atoms with Crippen molar-refractivity contribution in [1.82, 2.24) is 5.32 Å². The molecular formula is C24H21F2NO3. The summed E-state index contributed by atoms with van der Waals surface area (Å²) in [5.41, 5.74) is 4.06. The number of ether oxygens (including phenoxy) is 1. The molecule has 0 fully saturated rings. The number of alkyl carbamates (subject to hydrolysis) is 1. The van der Waals surface area contributed by atoms with Crippen molar-refractivity contribution in [3.63, 3.8) is 0 Å². The molecule has 1 atom stereocenters. The summed E-state index contributed by atoms with van der Waals surface area (Å²) >= 11 is 0. The van der Waals surface area contributed by atoms with Crippen molar-refractivity contribution in [3.8, 4) is 11.1 Å². The zero-order valence-corrected chi connectivity index (χ0v) is 16.1. The monoisotopic (exact) mass is 409 g/mol. The number of carbonyl (C=O) groups is 1. The first-order valence-electron chi connectivity index (χ1n) is 9.76. The number of nitrogens with one attached hydrogen (secondary N) is 1. The third-order valence-corrected chi connectivity index (χ3v) is 5.40. The van der Waals surface area contributed by atoms with E-state index in [1.54, 1.807) is 0 Å². The molecule has 0 heterocycles. The molecule has 0 unspecified atom stereocenters. The third-order valence-electron chi connectivity index (χ3n) is 5.40. The van der Waals surface area contributed by atoms with Crippen molar-refractivity contribution in [2.45, 2.75) is 18.4 Å². The van der Waals surface area contributed by atoms with E-state index in [9.17, 15) is 18.7 Å². The highest BCUT2D eigenvalue weighted by Gasteiger charge is 2.29. The second kappa shape index (κ2) is 8.63. The highest BCUT2D eigenvalue weighted by Crippen LogP contribution is 2.44. The molecule has 1 aliphatic carbocycles. The summed E-state index contributed by atoms with van der Waals surface area (Å²) in [4.78, 5) is 12.4. The van der Waals surface area contributed by atoms with Gasteiger partial charge in [0.2, 0.25) is 0 Å². The molecule has 0 aromatic heterocycles. The minimum Gasteiger partial charge on any atom is -0.449 e. The zero-order valence-electron chi connectivity index (χ0n) is 16.1. The average molecular weight is 409 g/mol. The van der Waals surface area contributed by atoms with Crippen molar-refractivity contribution in [3.05, 3.63) is 95.1 Å². The summed E-state index contributed by atoms with van der Waals surface area (Å²) in [6.07, 6.45) is -0.833. The second-order valence-corrected chi connectivity index (χ2v) is 7.17. The van der Waals surface area contributed by atoms with Gasteiger partial charge in [-0.05, 0) is 40.8 Å². The Balaban J connectivity index is 1.49. The van der Waals surface area contributed by atoms with E-state index >= 15 is 0 Å². The minimum absolute atomic E-state index is 0.0396. The van der Waals surface area contributed by atoms with Gasteiger partial charge in [0, 0.05) is 18.1 Å². The summed E-state index contributed by atoms with van der Waals surface area (Å²) in [6.45, 7) is -0.256. The Bertz CT molecular complexity index is 1000. The molecule has 0 saturated heterocycles. The fourth-order valence-electron chi connectivity index (χ4n) is 4.04. The number of rotatable bonds is 6. The van der Waals surface area contributed by atoms with E-state index in [-0.39, 0.29) is 31.1 Å². The molecule has 1 aliphatic rings. The van der Waals surface area contributed by atoms with Crippen molar-refractivity contribution < 1.29 is 23.4 Å². The first-order valence-corrected chi connectivity index (χ1v) is 9.76. The molecule has 1 amide bonds. The molecule has 4 rings (SSSR count). The molecule has 0 saturated carbocycles. The Morgan fingerprint density at radius 2 is 1.50 bits per heavy atom. The van der Waals surface area contributed by atoms with Gasteiger partial charge in [0.25, 0.3) is 0 Å². The Morgan fingerprint density at radius 1 is 0.933 bits per heavy atom. The molecule has 30 heavy (non-hydrogen) atoms. The quantitative estimate of drug-likeness (QED) is 0.607. The maximum absolute atomic E-state index is 14.1. The summed E-state index contributed by atoms with van der Waals surface area (Å²) < 4.78 is 33.7. The number of aliphatic hydroxyl groups excluding tert-OH is 1. The van der Waals surface area contributed by atoms with Crippen molar-refractivity contribution in [2.75, 3.05) is 13.2 Å². The van der Waals surface area contributed by atoms with Gasteiger partial charge in [-0.1, -0.05) is 54.6 Å². The van der Waals surface area contributed by atoms with E-state index in [1.165, 1.54) is 6.07 Å². The smallest absolute Gasteiger partial charge is 0.407 e. The van der Waals surface area contributed by atoms with Gasteiger partial charge in [-0.3, -0.25) is 0 Å². The normalized spacial score (nSPS) is 13.4. The Labute approximate surface area is 173 Å². The average Bonchev–Trinajstić information content (AvgIpc) is 3.06. The lowest BCUT2D eigenvalue weighted by molar-refractivity contribution is 0.136. The number of aliphatic hydroxyl groups is 1. The van der Waals surface area contributed by atoms with E-state index in [2.05, 4.69) is 5.32 Å². The lowest BCUT2D eigenvalue weighted by atomic mass is 9.98. The fourth-order valence-corrected chi connectivity index (χ4v) is 4.04. The van der Waals surface area contributed by atoms with Gasteiger partial charge in [0.05, 0.1) is 6.04 Å². The number of fused-ring (bicyclic) bond motifs is 3. The van der Waals surface area contributed by atoms with Crippen LogP contribution in [0.1, 0.15) is 35.1 Å². The first-order chi connectivity index (χ1) is 14.6. The molecule has 0 spiro atoms. The van der Waals surface area contributed by atoms with E-state index in [0.717, 1.165) is 34.4 Å². The van der Waals surface area contributed by atoms with Crippen LogP contribution in [-0.2, 0) is 4.74 Å². The van der Waals surface area contributed by atoms with Gasteiger partial charge < -0.3 is 15.2 Å². The van der Waals surface area contributed by atoms with Crippen molar-refractivity contribution >= 4 is 6.09 Å². The van der Waals surface area contributed by atoms with E-state index in [0.29, 0.717) is 0 Å². The van der Waals surface area contributed by atoms with Crippen LogP contribution in [0.3, 0.4) is 0 Å². The Kier molecular flexibility index (Phi) is 5.77. The number of halogens is 2. The topological polar surface area (TPSA) is 58.6 Å². The van der Waals surface area contributed by atoms with E-state index < -0.39 is 23.8 Å². The Morgan fingerprint density at radius 3 is 2.07 bits per heavy atom. The highest BCUT2D eigenvalue weighted by atomic mass is 19.1. The first kappa shape index (κ1) is 20.0. The number of benzene rings is 3. The number of amides is 1. The molecule has 0 aliphatic heterocycles. The lowest BCUT2D eigenvalue weighted by Gasteiger charge is -2.20. The molecule has 2 N–H and O–H groups in total. The second-order valence-electron chi connectivity index (χ2n) is 7.17. The van der Waals surface area contributed by atoms with Gasteiger partial charge in [-0.2, -0.15) is 0 Å². The predicted octanol–water partition coefficient (Wildman–Crippen LogP) is 4.93. The van der Waals surface area contributed by atoms with Gasteiger partial charge >= 0.3 is 6.09 Å².